The highest BCUT2D eigenvalue weighted by atomic mass is 16.2. The molecule has 0 spiro atoms. The van der Waals surface area contributed by atoms with E-state index in [9.17, 15) is 9.59 Å². The molecule has 0 saturated heterocycles. The van der Waals surface area contributed by atoms with E-state index in [1.165, 1.54) is 0 Å². The van der Waals surface area contributed by atoms with Crippen molar-refractivity contribution >= 4 is 16.8 Å². The summed E-state index contributed by atoms with van der Waals surface area (Å²) in [5, 5.41) is 0.553. The Bertz CT molecular complexity index is 1590. The molecule has 0 aliphatic rings. The quantitative estimate of drug-likeness (QED) is 0.243. The summed E-state index contributed by atoms with van der Waals surface area (Å²) in [7, 11) is 0. The maximum atomic E-state index is 14.0. The molecular formula is C33H31N3O2. The Kier molecular flexibility index (Phi) is 7.45. The average Bonchev–Trinajstić information content (AvgIpc) is 2.96. The van der Waals surface area contributed by atoms with Gasteiger partial charge in [0.15, 0.2) is 0 Å². The van der Waals surface area contributed by atoms with E-state index < -0.39 is 6.04 Å². The molecule has 5 heteroatoms. The lowest BCUT2D eigenvalue weighted by Gasteiger charge is -2.32. The van der Waals surface area contributed by atoms with E-state index in [4.69, 9.17) is 4.98 Å². The Morgan fingerprint density at radius 1 is 0.842 bits per heavy atom. The van der Waals surface area contributed by atoms with Gasteiger partial charge in [-0.2, -0.15) is 0 Å². The van der Waals surface area contributed by atoms with Crippen molar-refractivity contribution in [3.05, 3.63) is 142 Å². The van der Waals surface area contributed by atoms with Gasteiger partial charge < -0.3 is 4.90 Å². The second kappa shape index (κ2) is 11.3. The zero-order valence-electron chi connectivity index (χ0n) is 21.7. The first-order valence-electron chi connectivity index (χ1n) is 13.1. The molecule has 4 aromatic carbocycles. The van der Waals surface area contributed by atoms with Crippen molar-refractivity contribution in [2.24, 2.45) is 0 Å². The molecule has 0 aliphatic heterocycles. The van der Waals surface area contributed by atoms with Gasteiger partial charge in [-0.05, 0) is 61.7 Å². The number of benzene rings is 4. The first-order chi connectivity index (χ1) is 18.6. The normalized spacial score (nSPS) is 11.8. The molecule has 1 amide bonds. The van der Waals surface area contributed by atoms with E-state index in [0.717, 1.165) is 16.8 Å². The molecule has 38 heavy (non-hydrogen) atoms. The van der Waals surface area contributed by atoms with Gasteiger partial charge >= 0.3 is 0 Å². The highest BCUT2D eigenvalue weighted by Gasteiger charge is 2.29. The number of amides is 1. The molecule has 0 saturated carbocycles. The van der Waals surface area contributed by atoms with E-state index >= 15 is 0 Å². The molecule has 190 valence electrons. The van der Waals surface area contributed by atoms with Gasteiger partial charge in [0, 0.05) is 12.1 Å². The Hall–Kier alpha value is -4.51. The first-order valence-corrected chi connectivity index (χ1v) is 13.1. The number of aromatic nitrogens is 2. The van der Waals surface area contributed by atoms with E-state index in [-0.39, 0.29) is 11.5 Å². The van der Waals surface area contributed by atoms with Gasteiger partial charge in [0.1, 0.15) is 5.82 Å². The fourth-order valence-corrected chi connectivity index (χ4v) is 4.90. The zero-order chi connectivity index (χ0) is 26.5. The highest BCUT2D eigenvalue weighted by Crippen LogP contribution is 2.28. The third-order valence-corrected chi connectivity index (χ3v) is 6.92. The second-order valence-electron chi connectivity index (χ2n) is 9.49. The van der Waals surface area contributed by atoms with Crippen LogP contribution in [-0.2, 0) is 6.42 Å². The SMILES string of the molecule is CCC(c1nc2ccccc2c(=O)n1-c1ccc(C)cc1)N(CCc1ccccc1)C(=O)c1ccccc1. The minimum atomic E-state index is -0.412. The predicted octanol–water partition coefficient (Wildman–Crippen LogP) is 6.53. The second-order valence-corrected chi connectivity index (χ2v) is 9.49. The van der Waals surface area contributed by atoms with Crippen LogP contribution in [0.4, 0.5) is 0 Å². The van der Waals surface area contributed by atoms with Gasteiger partial charge in [-0.3, -0.25) is 14.2 Å². The smallest absolute Gasteiger partial charge is 0.266 e. The van der Waals surface area contributed by atoms with Crippen LogP contribution in [0.3, 0.4) is 0 Å². The van der Waals surface area contributed by atoms with Crippen molar-refractivity contribution in [2.75, 3.05) is 6.54 Å². The molecule has 0 N–H and O–H groups in total. The molecule has 0 radical (unpaired) electrons. The number of aryl methyl sites for hydroxylation is 1. The third kappa shape index (κ3) is 5.14. The van der Waals surface area contributed by atoms with Crippen LogP contribution >= 0.6 is 0 Å². The van der Waals surface area contributed by atoms with E-state index in [1.54, 1.807) is 4.57 Å². The number of carbonyl (C=O) groups excluding carboxylic acids is 1. The molecule has 5 nitrogen and oxygen atoms in total. The third-order valence-electron chi connectivity index (χ3n) is 6.92. The van der Waals surface area contributed by atoms with Crippen LogP contribution in [0.25, 0.3) is 16.6 Å². The molecule has 1 unspecified atom stereocenters. The lowest BCUT2D eigenvalue weighted by atomic mass is 10.1. The maximum absolute atomic E-state index is 14.0. The van der Waals surface area contributed by atoms with Crippen molar-refractivity contribution in [2.45, 2.75) is 32.7 Å². The van der Waals surface area contributed by atoms with Crippen LogP contribution in [0.2, 0.25) is 0 Å². The van der Waals surface area contributed by atoms with Crippen LogP contribution < -0.4 is 5.56 Å². The fourth-order valence-electron chi connectivity index (χ4n) is 4.90. The number of para-hydroxylation sites is 1. The molecule has 1 atom stereocenters. The van der Waals surface area contributed by atoms with Gasteiger partial charge in [0.05, 0.1) is 22.6 Å². The molecule has 1 heterocycles. The Morgan fingerprint density at radius 3 is 2.16 bits per heavy atom. The summed E-state index contributed by atoms with van der Waals surface area (Å²) in [6, 6.07) is 34.3. The number of fused-ring (bicyclic) bond motifs is 1. The summed E-state index contributed by atoms with van der Waals surface area (Å²) in [6.07, 6.45) is 1.29. The number of rotatable bonds is 8. The predicted molar refractivity (Wildman–Crippen MR) is 153 cm³/mol. The molecule has 0 aliphatic carbocycles. The summed E-state index contributed by atoms with van der Waals surface area (Å²) >= 11 is 0. The monoisotopic (exact) mass is 501 g/mol. The summed E-state index contributed by atoms with van der Waals surface area (Å²) in [5.41, 5.74) is 4.10. The zero-order valence-corrected chi connectivity index (χ0v) is 21.7. The minimum absolute atomic E-state index is 0.0776. The van der Waals surface area contributed by atoms with Gasteiger partial charge in [-0.25, -0.2) is 4.98 Å². The van der Waals surface area contributed by atoms with Gasteiger partial charge in [-0.1, -0.05) is 85.3 Å². The fraction of sp³-hybridized carbons (Fsp3) is 0.182. The Balaban J connectivity index is 1.68. The topological polar surface area (TPSA) is 55.2 Å². The number of carbonyl (C=O) groups is 1. The molecule has 5 rings (SSSR count). The van der Waals surface area contributed by atoms with Gasteiger partial charge in [0.25, 0.3) is 11.5 Å². The summed E-state index contributed by atoms with van der Waals surface area (Å²) in [4.78, 5) is 34.8. The van der Waals surface area contributed by atoms with Gasteiger partial charge in [0.2, 0.25) is 0 Å². The molecule has 1 aromatic heterocycles. The van der Waals surface area contributed by atoms with E-state index in [1.807, 2.05) is 116 Å². The summed E-state index contributed by atoms with van der Waals surface area (Å²) in [6.45, 7) is 4.55. The average molecular weight is 502 g/mol. The van der Waals surface area contributed by atoms with Crippen LogP contribution in [-0.4, -0.2) is 26.9 Å². The molecule has 5 aromatic rings. The Labute approximate surface area is 223 Å². The largest absolute Gasteiger partial charge is 0.328 e. The molecule has 0 bridgehead atoms. The maximum Gasteiger partial charge on any atom is 0.266 e. The minimum Gasteiger partial charge on any atom is -0.328 e. The number of hydrogen-bond donors (Lipinski definition) is 0. The Morgan fingerprint density at radius 2 is 1.47 bits per heavy atom. The lowest BCUT2D eigenvalue weighted by Crippen LogP contribution is -2.39. The van der Waals surface area contributed by atoms with Crippen LogP contribution in [0.1, 0.15) is 46.7 Å². The standard InChI is InChI=1S/C33H31N3O2/c1-3-30(35(23-22-25-12-6-4-7-13-25)32(37)26-14-8-5-9-15-26)31-34-29-17-11-10-16-28(29)33(38)36(31)27-20-18-24(2)19-21-27/h4-21,30H,3,22-23H2,1-2H3. The van der Waals surface area contributed by atoms with Crippen molar-refractivity contribution in [3.63, 3.8) is 0 Å². The van der Waals surface area contributed by atoms with Crippen molar-refractivity contribution in [1.29, 1.82) is 0 Å². The summed E-state index contributed by atoms with van der Waals surface area (Å²) in [5.74, 6) is 0.489. The molecule has 0 fully saturated rings. The molecular weight excluding hydrogens is 470 g/mol. The van der Waals surface area contributed by atoms with Crippen LogP contribution in [0.15, 0.2) is 114 Å². The van der Waals surface area contributed by atoms with E-state index in [2.05, 4.69) is 12.1 Å². The van der Waals surface area contributed by atoms with E-state index in [0.29, 0.717) is 41.7 Å². The summed E-state index contributed by atoms with van der Waals surface area (Å²) < 4.78 is 1.68. The highest BCUT2D eigenvalue weighted by molar-refractivity contribution is 5.94. The number of nitrogens with zero attached hydrogens (tertiary/aromatic N) is 3. The lowest BCUT2D eigenvalue weighted by molar-refractivity contribution is 0.0662. The number of hydrogen-bond acceptors (Lipinski definition) is 3. The van der Waals surface area contributed by atoms with Gasteiger partial charge in [-0.15, -0.1) is 0 Å². The van der Waals surface area contributed by atoms with Crippen LogP contribution in [0.5, 0.6) is 0 Å². The first kappa shape index (κ1) is 25.2. The van der Waals surface area contributed by atoms with Crippen molar-refractivity contribution < 1.29 is 4.79 Å². The van der Waals surface area contributed by atoms with Crippen molar-refractivity contribution in [1.82, 2.24) is 14.5 Å². The van der Waals surface area contributed by atoms with Crippen molar-refractivity contribution in [3.8, 4) is 5.69 Å². The van der Waals surface area contributed by atoms with Crippen LogP contribution in [0, 0.1) is 6.92 Å².